The van der Waals surface area contributed by atoms with Crippen molar-refractivity contribution in [3.8, 4) is 5.75 Å². The highest BCUT2D eigenvalue weighted by Gasteiger charge is 2.48. The van der Waals surface area contributed by atoms with Crippen LogP contribution in [0.2, 0.25) is 0 Å². The predicted octanol–water partition coefficient (Wildman–Crippen LogP) is 4.39. The minimum Gasteiger partial charge on any atom is -0.497 e. The molecule has 0 unspecified atom stereocenters. The fourth-order valence-corrected chi connectivity index (χ4v) is 3.88. The zero-order valence-electron chi connectivity index (χ0n) is 13.6. The van der Waals surface area contributed by atoms with E-state index in [9.17, 15) is 0 Å². The van der Waals surface area contributed by atoms with E-state index in [2.05, 4.69) is 51.1 Å². The normalized spacial score (nSPS) is 34.0. The third kappa shape index (κ3) is 2.13. The van der Waals surface area contributed by atoms with E-state index in [4.69, 9.17) is 9.47 Å². The van der Waals surface area contributed by atoms with Gasteiger partial charge in [-0.15, -0.1) is 0 Å². The van der Waals surface area contributed by atoms with E-state index in [0.29, 0.717) is 5.92 Å². The molecular formula is C19H24O2. The Morgan fingerprint density at radius 2 is 1.95 bits per heavy atom. The van der Waals surface area contributed by atoms with Crippen LogP contribution in [0.15, 0.2) is 36.4 Å². The molecule has 3 atom stereocenters. The van der Waals surface area contributed by atoms with Crippen LogP contribution in [0.25, 0.3) is 5.57 Å². The number of fused-ring (bicyclic) bond motifs is 1. The van der Waals surface area contributed by atoms with Gasteiger partial charge in [0, 0.05) is 18.4 Å². The molecule has 3 aliphatic carbocycles. The number of rotatable bonds is 3. The molecule has 112 valence electrons. The van der Waals surface area contributed by atoms with Gasteiger partial charge in [-0.3, -0.25) is 0 Å². The second-order valence-corrected chi connectivity index (χ2v) is 6.76. The third-order valence-corrected chi connectivity index (χ3v) is 5.25. The Morgan fingerprint density at radius 1 is 1.19 bits per heavy atom. The smallest absolute Gasteiger partial charge is 0.119 e. The van der Waals surface area contributed by atoms with Crippen molar-refractivity contribution in [2.45, 2.75) is 32.8 Å². The lowest BCUT2D eigenvalue weighted by molar-refractivity contribution is -0.0461. The highest BCUT2D eigenvalue weighted by Crippen LogP contribution is 2.55. The van der Waals surface area contributed by atoms with Crippen molar-refractivity contribution < 1.29 is 9.47 Å². The Labute approximate surface area is 127 Å². The molecule has 0 aromatic heterocycles. The lowest BCUT2D eigenvalue weighted by atomic mass is 9.58. The largest absolute Gasteiger partial charge is 0.497 e. The van der Waals surface area contributed by atoms with Crippen molar-refractivity contribution in [1.82, 2.24) is 0 Å². The molecule has 2 bridgehead atoms. The van der Waals surface area contributed by atoms with Crippen LogP contribution in [-0.2, 0) is 4.74 Å². The van der Waals surface area contributed by atoms with Gasteiger partial charge < -0.3 is 9.47 Å². The summed E-state index contributed by atoms with van der Waals surface area (Å²) in [4.78, 5) is 0. The zero-order chi connectivity index (χ0) is 15.3. The molecule has 0 N–H and O–H groups in total. The van der Waals surface area contributed by atoms with Crippen LogP contribution in [0, 0.1) is 18.3 Å². The maximum absolute atomic E-state index is 5.81. The van der Waals surface area contributed by atoms with Crippen LogP contribution in [-0.4, -0.2) is 19.8 Å². The first-order chi connectivity index (χ1) is 9.92. The quantitative estimate of drug-likeness (QED) is 0.766. The minimum atomic E-state index is -0.0899. The van der Waals surface area contributed by atoms with Crippen molar-refractivity contribution in [2.24, 2.45) is 11.3 Å². The van der Waals surface area contributed by atoms with E-state index in [1.807, 2.05) is 13.2 Å². The first-order valence-electron chi connectivity index (χ1n) is 7.54. The van der Waals surface area contributed by atoms with Crippen LogP contribution in [0.3, 0.4) is 0 Å². The standard InChI is InChI=1S/C19H24O2/c1-13-10-15(20-4)6-7-16(13)17-11-14-8-9-18(17,2)12-19(14,3)21-5/h6-11,14H,12H2,1-5H3/t14-,18-,19-/m1/s1. The maximum Gasteiger partial charge on any atom is 0.119 e. The molecule has 0 heterocycles. The summed E-state index contributed by atoms with van der Waals surface area (Å²) in [7, 11) is 3.54. The third-order valence-electron chi connectivity index (χ3n) is 5.25. The number of hydrogen-bond donors (Lipinski definition) is 0. The zero-order valence-corrected chi connectivity index (χ0v) is 13.6. The molecule has 0 saturated carbocycles. The molecule has 0 spiro atoms. The molecule has 3 aliphatic rings. The van der Waals surface area contributed by atoms with Gasteiger partial charge in [0.2, 0.25) is 0 Å². The van der Waals surface area contributed by atoms with E-state index in [1.165, 1.54) is 16.7 Å². The van der Waals surface area contributed by atoms with Crippen LogP contribution < -0.4 is 4.74 Å². The number of methoxy groups -OCH3 is 2. The van der Waals surface area contributed by atoms with Crippen LogP contribution in [0.5, 0.6) is 5.75 Å². The maximum atomic E-state index is 5.81. The fourth-order valence-electron chi connectivity index (χ4n) is 3.88. The molecule has 0 saturated heterocycles. The molecule has 0 fully saturated rings. The summed E-state index contributed by atoms with van der Waals surface area (Å²) >= 11 is 0. The first-order valence-corrected chi connectivity index (χ1v) is 7.54. The highest BCUT2D eigenvalue weighted by atomic mass is 16.5. The number of benzene rings is 1. The van der Waals surface area contributed by atoms with E-state index >= 15 is 0 Å². The molecule has 0 amide bonds. The van der Waals surface area contributed by atoms with Gasteiger partial charge in [0.15, 0.2) is 0 Å². The molecule has 1 aromatic rings. The van der Waals surface area contributed by atoms with Crippen molar-refractivity contribution in [2.75, 3.05) is 14.2 Å². The molecule has 1 aromatic carbocycles. The molecule has 2 nitrogen and oxygen atoms in total. The Kier molecular flexibility index (Phi) is 3.25. The summed E-state index contributed by atoms with van der Waals surface area (Å²) in [5.74, 6) is 1.26. The van der Waals surface area contributed by atoms with Gasteiger partial charge in [0.05, 0.1) is 12.7 Å². The fraction of sp³-hybridized carbons (Fsp3) is 0.474. The number of hydrogen-bond acceptors (Lipinski definition) is 2. The SMILES string of the molecule is COc1ccc(C2=C[C@H]3C=C[C@]2(C)C[C@@]3(C)OC)c(C)c1. The lowest BCUT2D eigenvalue weighted by Crippen LogP contribution is -2.46. The van der Waals surface area contributed by atoms with E-state index < -0.39 is 0 Å². The summed E-state index contributed by atoms with van der Waals surface area (Å²) in [6.45, 7) is 6.68. The average molecular weight is 284 g/mol. The monoisotopic (exact) mass is 284 g/mol. The summed E-state index contributed by atoms with van der Waals surface area (Å²) in [5, 5.41) is 0. The number of ether oxygens (including phenoxy) is 2. The van der Waals surface area contributed by atoms with Gasteiger partial charge in [-0.2, -0.15) is 0 Å². The minimum absolute atomic E-state index is 0.0405. The summed E-state index contributed by atoms with van der Waals surface area (Å²) < 4.78 is 11.1. The van der Waals surface area contributed by atoms with Gasteiger partial charge in [-0.1, -0.05) is 31.2 Å². The van der Waals surface area contributed by atoms with E-state index in [1.54, 1.807) is 7.11 Å². The van der Waals surface area contributed by atoms with E-state index in [0.717, 1.165) is 12.2 Å². The van der Waals surface area contributed by atoms with Crippen LogP contribution in [0.4, 0.5) is 0 Å². The van der Waals surface area contributed by atoms with Crippen molar-refractivity contribution in [1.29, 1.82) is 0 Å². The number of aryl methyl sites for hydroxylation is 1. The van der Waals surface area contributed by atoms with Crippen LogP contribution in [0.1, 0.15) is 31.4 Å². The van der Waals surface area contributed by atoms with Gasteiger partial charge in [-0.25, -0.2) is 0 Å². The van der Waals surface area contributed by atoms with E-state index in [-0.39, 0.29) is 11.0 Å². The summed E-state index contributed by atoms with van der Waals surface area (Å²) in [6.07, 6.45) is 8.07. The Hall–Kier alpha value is -1.54. The summed E-state index contributed by atoms with van der Waals surface area (Å²) in [5.41, 5.74) is 3.96. The Balaban J connectivity index is 2.07. The predicted molar refractivity (Wildman–Crippen MR) is 86.5 cm³/mol. The topological polar surface area (TPSA) is 18.5 Å². The van der Waals surface area contributed by atoms with Crippen molar-refractivity contribution >= 4 is 5.57 Å². The molecule has 2 heteroatoms. The average Bonchev–Trinajstić information content (AvgIpc) is 2.47. The number of allylic oxidation sites excluding steroid dienone is 2. The first kappa shape index (κ1) is 14.4. The molecule has 21 heavy (non-hydrogen) atoms. The molecule has 0 radical (unpaired) electrons. The summed E-state index contributed by atoms with van der Waals surface area (Å²) in [6, 6.07) is 6.35. The highest BCUT2D eigenvalue weighted by molar-refractivity contribution is 5.77. The second kappa shape index (κ2) is 4.74. The van der Waals surface area contributed by atoms with Gasteiger partial charge in [0.25, 0.3) is 0 Å². The van der Waals surface area contributed by atoms with Crippen molar-refractivity contribution in [3.05, 3.63) is 47.6 Å². The van der Waals surface area contributed by atoms with Gasteiger partial charge >= 0.3 is 0 Å². The lowest BCUT2D eigenvalue weighted by Gasteiger charge is -2.50. The molecule has 4 rings (SSSR count). The van der Waals surface area contributed by atoms with Crippen molar-refractivity contribution in [3.63, 3.8) is 0 Å². The van der Waals surface area contributed by atoms with Gasteiger partial charge in [-0.05, 0) is 49.1 Å². The molecule has 0 aliphatic heterocycles. The van der Waals surface area contributed by atoms with Crippen LogP contribution >= 0.6 is 0 Å². The second-order valence-electron chi connectivity index (χ2n) is 6.76. The molecular weight excluding hydrogens is 260 g/mol. The van der Waals surface area contributed by atoms with Gasteiger partial charge in [0.1, 0.15) is 5.75 Å². The Morgan fingerprint density at radius 3 is 2.52 bits per heavy atom. The Bertz CT molecular complexity index is 628.